The van der Waals surface area contributed by atoms with Gasteiger partial charge in [0, 0.05) is 25.4 Å². The van der Waals surface area contributed by atoms with Crippen molar-refractivity contribution >= 4 is 11.6 Å². The van der Waals surface area contributed by atoms with Crippen LogP contribution in [0.3, 0.4) is 0 Å². The van der Waals surface area contributed by atoms with Crippen LogP contribution in [-0.2, 0) is 9.53 Å². The number of nitrogens with two attached hydrogens (primary N) is 1. The largest absolute Gasteiger partial charge is 0.383 e. The van der Waals surface area contributed by atoms with E-state index in [-0.39, 0.29) is 11.9 Å². The van der Waals surface area contributed by atoms with E-state index in [0.717, 1.165) is 11.3 Å². The lowest BCUT2D eigenvalue weighted by atomic mass is 10.2. The maximum absolute atomic E-state index is 11.8. The van der Waals surface area contributed by atoms with Crippen molar-refractivity contribution in [3.8, 4) is 0 Å². The summed E-state index contributed by atoms with van der Waals surface area (Å²) in [5.41, 5.74) is 7.77. The quantitative estimate of drug-likeness (QED) is 0.766. The molecule has 0 bridgehead atoms. The van der Waals surface area contributed by atoms with Crippen LogP contribution in [0.2, 0.25) is 0 Å². The van der Waals surface area contributed by atoms with Crippen molar-refractivity contribution < 1.29 is 9.53 Å². The number of nitrogens with one attached hydrogen (secondary N) is 1. The standard InChI is InChI=1S/C14H23N3O2/c1-11-5-4-6-13(7-11)16-14(18)9-17(2)8-12(15)10-19-3/h4-7,12H,8-10,15H2,1-3H3,(H,16,18). The first-order valence-corrected chi connectivity index (χ1v) is 6.31. The Balaban J connectivity index is 2.38. The van der Waals surface area contributed by atoms with Gasteiger partial charge in [-0.25, -0.2) is 0 Å². The van der Waals surface area contributed by atoms with Crippen LogP contribution in [0.1, 0.15) is 5.56 Å². The summed E-state index contributed by atoms with van der Waals surface area (Å²) in [6.45, 7) is 3.41. The predicted molar refractivity (Wildman–Crippen MR) is 77.2 cm³/mol. The van der Waals surface area contributed by atoms with Gasteiger partial charge in [-0.1, -0.05) is 12.1 Å². The second-order valence-electron chi connectivity index (χ2n) is 4.83. The first-order chi connectivity index (χ1) is 9.01. The number of ether oxygens (including phenoxy) is 1. The van der Waals surface area contributed by atoms with Crippen LogP contribution < -0.4 is 11.1 Å². The molecule has 106 valence electrons. The molecule has 5 nitrogen and oxygen atoms in total. The second kappa shape index (κ2) is 7.89. The number of anilines is 1. The summed E-state index contributed by atoms with van der Waals surface area (Å²) in [6.07, 6.45) is 0. The lowest BCUT2D eigenvalue weighted by Crippen LogP contribution is -2.41. The average Bonchev–Trinajstić information content (AvgIpc) is 2.28. The topological polar surface area (TPSA) is 67.6 Å². The summed E-state index contributed by atoms with van der Waals surface area (Å²) in [4.78, 5) is 13.7. The highest BCUT2D eigenvalue weighted by atomic mass is 16.5. The van der Waals surface area contributed by atoms with Gasteiger partial charge in [0.15, 0.2) is 0 Å². The first-order valence-electron chi connectivity index (χ1n) is 6.31. The van der Waals surface area contributed by atoms with Crippen molar-refractivity contribution in [3.05, 3.63) is 29.8 Å². The number of rotatable bonds is 7. The van der Waals surface area contributed by atoms with E-state index in [2.05, 4.69) is 5.32 Å². The minimum Gasteiger partial charge on any atom is -0.383 e. The Morgan fingerprint density at radius 3 is 2.89 bits per heavy atom. The fourth-order valence-electron chi connectivity index (χ4n) is 1.90. The number of methoxy groups -OCH3 is 1. The van der Waals surface area contributed by atoms with Gasteiger partial charge < -0.3 is 15.8 Å². The van der Waals surface area contributed by atoms with Crippen molar-refractivity contribution in [3.63, 3.8) is 0 Å². The summed E-state index contributed by atoms with van der Waals surface area (Å²) >= 11 is 0. The van der Waals surface area contributed by atoms with Gasteiger partial charge in [-0.2, -0.15) is 0 Å². The summed E-state index contributed by atoms with van der Waals surface area (Å²) in [5, 5.41) is 2.87. The number of hydrogen-bond acceptors (Lipinski definition) is 4. The SMILES string of the molecule is COCC(N)CN(C)CC(=O)Nc1cccc(C)c1. The molecule has 0 heterocycles. The molecule has 0 fully saturated rings. The number of aryl methyl sites for hydroxylation is 1. The molecule has 1 amide bonds. The first kappa shape index (κ1) is 15.6. The van der Waals surface area contributed by atoms with Gasteiger partial charge in [0.05, 0.1) is 13.2 Å². The van der Waals surface area contributed by atoms with Crippen LogP contribution in [0.15, 0.2) is 24.3 Å². The Kier molecular flexibility index (Phi) is 6.49. The van der Waals surface area contributed by atoms with Gasteiger partial charge >= 0.3 is 0 Å². The molecule has 0 spiro atoms. The van der Waals surface area contributed by atoms with Crippen molar-refractivity contribution in [1.82, 2.24) is 4.90 Å². The Labute approximate surface area is 114 Å². The molecule has 0 aliphatic rings. The van der Waals surface area contributed by atoms with Crippen molar-refractivity contribution in [2.75, 3.05) is 39.2 Å². The van der Waals surface area contributed by atoms with Crippen molar-refractivity contribution in [2.45, 2.75) is 13.0 Å². The molecule has 0 radical (unpaired) electrons. The fourth-order valence-corrected chi connectivity index (χ4v) is 1.90. The number of amides is 1. The Hall–Kier alpha value is -1.43. The molecule has 0 aliphatic heterocycles. The fraction of sp³-hybridized carbons (Fsp3) is 0.500. The van der Waals surface area contributed by atoms with E-state index in [1.165, 1.54) is 0 Å². The maximum Gasteiger partial charge on any atom is 0.238 e. The van der Waals surface area contributed by atoms with E-state index >= 15 is 0 Å². The van der Waals surface area contributed by atoms with Gasteiger partial charge in [0.1, 0.15) is 0 Å². The van der Waals surface area contributed by atoms with Crippen LogP contribution >= 0.6 is 0 Å². The zero-order chi connectivity index (χ0) is 14.3. The zero-order valence-corrected chi connectivity index (χ0v) is 11.8. The molecule has 0 saturated heterocycles. The van der Waals surface area contributed by atoms with Crippen LogP contribution in [0.5, 0.6) is 0 Å². The van der Waals surface area contributed by atoms with Gasteiger partial charge in [-0.3, -0.25) is 9.69 Å². The Bertz CT molecular complexity index is 409. The summed E-state index contributed by atoms with van der Waals surface area (Å²) < 4.78 is 4.97. The molecule has 19 heavy (non-hydrogen) atoms. The third kappa shape index (κ3) is 6.33. The third-order valence-corrected chi connectivity index (χ3v) is 2.64. The molecule has 1 rings (SSSR count). The van der Waals surface area contributed by atoms with Gasteiger partial charge in [-0.15, -0.1) is 0 Å². The molecule has 0 aromatic heterocycles. The minimum absolute atomic E-state index is 0.0438. The number of carbonyl (C=O) groups is 1. The zero-order valence-electron chi connectivity index (χ0n) is 11.8. The predicted octanol–water partition coefficient (Wildman–Crippen LogP) is 0.839. The molecule has 1 aromatic rings. The van der Waals surface area contributed by atoms with E-state index in [9.17, 15) is 4.79 Å². The van der Waals surface area contributed by atoms with Crippen LogP contribution in [0.25, 0.3) is 0 Å². The van der Waals surface area contributed by atoms with E-state index in [4.69, 9.17) is 10.5 Å². The van der Waals surface area contributed by atoms with E-state index in [0.29, 0.717) is 19.7 Å². The van der Waals surface area contributed by atoms with Crippen LogP contribution in [0, 0.1) is 6.92 Å². The lowest BCUT2D eigenvalue weighted by Gasteiger charge is -2.20. The molecular weight excluding hydrogens is 242 g/mol. The number of likely N-dealkylation sites (N-methyl/N-ethyl adjacent to an activating group) is 1. The number of benzene rings is 1. The normalized spacial score (nSPS) is 12.5. The highest BCUT2D eigenvalue weighted by molar-refractivity contribution is 5.92. The minimum atomic E-state index is -0.0817. The molecule has 1 atom stereocenters. The van der Waals surface area contributed by atoms with Crippen molar-refractivity contribution in [2.24, 2.45) is 5.73 Å². The van der Waals surface area contributed by atoms with Gasteiger partial charge in [0.25, 0.3) is 0 Å². The van der Waals surface area contributed by atoms with Gasteiger partial charge in [0.2, 0.25) is 5.91 Å². The van der Waals surface area contributed by atoms with Crippen LogP contribution in [-0.4, -0.2) is 50.7 Å². The number of hydrogen-bond donors (Lipinski definition) is 2. The molecule has 1 unspecified atom stereocenters. The maximum atomic E-state index is 11.8. The molecule has 5 heteroatoms. The number of nitrogens with zero attached hydrogens (tertiary/aromatic N) is 1. The molecule has 0 aliphatic carbocycles. The molecule has 1 aromatic carbocycles. The Morgan fingerprint density at radius 1 is 1.53 bits per heavy atom. The van der Waals surface area contributed by atoms with E-state index in [1.54, 1.807) is 7.11 Å². The summed E-state index contributed by atoms with van der Waals surface area (Å²) in [5.74, 6) is -0.0438. The third-order valence-electron chi connectivity index (χ3n) is 2.64. The highest BCUT2D eigenvalue weighted by Crippen LogP contribution is 2.09. The monoisotopic (exact) mass is 265 g/mol. The van der Waals surface area contributed by atoms with E-state index < -0.39 is 0 Å². The molecular formula is C14H23N3O2. The molecule has 3 N–H and O–H groups in total. The Morgan fingerprint density at radius 2 is 2.26 bits per heavy atom. The average molecular weight is 265 g/mol. The highest BCUT2D eigenvalue weighted by Gasteiger charge is 2.10. The van der Waals surface area contributed by atoms with Crippen LogP contribution in [0.4, 0.5) is 5.69 Å². The lowest BCUT2D eigenvalue weighted by molar-refractivity contribution is -0.117. The summed E-state index contributed by atoms with van der Waals surface area (Å²) in [6, 6.07) is 7.65. The number of carbonyl (C=O) groups excluding carboxylic acids is 1. The smallest absolute Gasteiger partial charge is 0.238 e. The van der Waals surface area contributed by atoms with Crippen molar-refractivity contribution in [1.29, 1.82) is 0 Å². The second-order valence-corrected chi connectivity index (χ2v) is 4.83. The van der Waals surface area contributed by atoms with Gasteiger partial charge in [-0.05, 0) is 31.7 Å². The molecule has 0 saturated carbocycles. The summed E-state index contributed by atoms with van der Waals surface area (Å²) in [7, 11) is 3.48. The van der Waals surface area contributed by atoms with E-state index in [1.807, 2.05) is 43.1 Å².